The third-order valence-electron chi connectivity index (χ3n) is 4.72. The van der Waals surface area contributed by atoms with E-state index in [0.717, 1.165) is 41.2 Å². The van der Waals surface area contributed by atoms with Crippen LogP contribution in [-0.2, 0) is 4.79 Å². The quantitative estimate of drug-likeness (QED) is 0.763. The minimum atomic E-state index is 0.0487. The van der Waals surface area contributed by atoms with E-state index in [1.54, 1.807) is 11.3 Å². The van der Waals surface area contributed by atoms with Crippen LogP contribution in [-0.4, -0.2) is 21.3 Å². The molecule has 0 aliphatic heterocycles. The first kappa shape index (κ1) is 15.4. The van der Waals surface area contributed by atoms with Gasteiger partial charge >= 0.3 is 0 Å². The molecule has 0 bridgehead atoms. The van der Waals surface area contributed by atoms with E-state index in [0.29, 0.717) is 12.3 Å². The molecular weight excluding hydrogens is 320 g/mol. The van der Waals surface area contributed by atoms with E-state index in [1.807, 2.05) is 46.4 Å². The molecule has 6 heteroatoms. The molecule has 3 N–H and O–H groups in total. The normalized spacial score (nSPS) is 20.5. The van der Waals surface area contributed by atoms with E-state index < -0.39 is 0 Å². The Labute approximate surface area is 144 Å². The lowest BCUT2D eigenvalue weighted by Gasteiger charge is -2.14. The monoisotopic (exact) mass is 340 g/mol. The average Bonchev–Trinajstić information content (AvgIpc) is 3.25. The van der Waals surface area contributed by atoms with Crippen LogP contribution < -0.4 is 11.1 Å². The van der Waals surface area contributed by atoms with E-state index in [4.69, 9.17) is 5.73 Å². The zero-order valence-electron chi connectivity index (χ0n) is 13.3. The van der Waals surface area contributed by atoms with E-state index >= 15 is 0 Å². The van der Waals surface area contributed by atoms with E-state index in [1.165, 1.54) is 0 Å². The fraction of sp³-hybridized carbons (Fsp3) is 0.333. The zero-order valence-corrected chi connectivity index (χ0v) is 14.1. The fourth-order valence-corrected chi connectivity index (χ4v) is 4.06. The van der Waals surface area contributed by atoms with Crippen LogP contribution in [0.1, 0.15) is 25.7 Å². The molecule has 2 aromatic heterocycles. The van der Waals surface area contributed by atoms with Crippen molar-refractivity contribution in [3.8, 4) is 11.3 Å². The smallest absolute Gasteiger partial charge is 0.224 e. The van der Waals surface area contributed by atoms with Crippen molar-refractivity contribution in [3.63, 3.8) is 0 Å². The second-order valence-corrected chi connectivity index (χ2v) is 7.28. The number of fused-ring (bicyclic) bond motifs is 1. The number of thiazole rings is 1. The Hall–Kier alpha value is -2.18. The molecule has 1 saturated carbocycles. The van der Waals surface area contributed by atoms with Gasteiger partial charge in [0.15, 0.2) is 4.96 Å². The Morgan fingerprint density at radius 2 is 2.17 bits per heavy atom. The Balaban J connectivity index is 1.41. The minimum absolute atomic E-state index is 0.0487. The van der Waals surface area contributed by atoms with Gasteiger partial charge in [0.1, 0.15) is 0 Å². The molecule has 0 radical (unpaired) electrons. The SMILES string of the molecule is N[C@@H]1CCC[C@H]1CC(=O)Nc1ccc(-c2cn3ccsc3n2)cc1. The Morgan fingerprint density at radius 1 is 1.33 bits per heavy atom. The summed E-state index contributed by atoms with van der Waals surface area (Å²) in [6.45, 7) is 0. The molecule has 24 heavy (non-hydrogen) atoms. The molecule has 0 spiro atoms. The topological polar surface area (TPSA) is 72.4 Å². The van der Waals surface area contributed by atoms with Crippen LogP contribution >= 0.6 is 11.3 Å². The standard InChI is InChI=1S/C18H20N4OS/c19-15-3-1-2-13(15)10-17(23)20-14-6-4-12(5-7-14)16-11-22-8-9-24-18(22)21-16/h4-9,11,13,15H,1-3,10,19H2,(H,20,23)/t13-,15+/m0/s1. The van der Waals surface area contributed by atoms with Crippen molar-refractivity contribution < 1.29 is 4.79 Å². The lowest BCUT2D eigenvalue weighted by molar-refractivity contribution is -0.117. The third kappa shape index (κ3) is 3.07. The van der Waals surface area contributed by atoms with Crippen LogP contribution in [0.4, 0.5) is 5.69 Å². The van der Waals surface area contributed by atoms with Crippen LogP contribution in [0, 0.1) is 5.92 Å². The molecule has 1 aromatic carbocycles. The van der Waals surface area contributed by atoms with Crippen molar-refractivity contribution in [1.29, 1.82) is 0 Å². The third-order valence-corrected chi connectivity index (χ3v) is 5.49. The van der Waals surface area contributed by atoms with Crippen LogP contribution in [0.2, 0.25) is 0 Å². The number of anilines is 1. The number of benzene rings is 1. The molecule has 1 fully saturated rings. The largest absolute Gasteiger partial charge is 0.327 e. The summed E-state index contributed by atoms with van der Waals surface area (Å²) in [5.74, 6) is 0.371. The van der Waals surface area contributed by atoms with E-state index in [9.17, 15) is 4.79 Å². The predicted molar refractivity (Wildman–Crippen MR) is 97.1 cm³/mol. The summed E-state index contributed by atoms with van der Waals surface area (Å²) in [6.07, 6.45) is 7.76. The first-order valence-electron chi connectivity index (χ1n) is 8.27. The molecule has 5 nitrogen and oxygen atoms in total. The number of hydrogen-bond donors (Lipinski definition) is 2. The Kier molecular flexibility index (Phi) is 4.08. The second kappa shape index (κ2) is 6.37. The maximum absolute atomic E-state index is 12.2. The zero-order chi connectivity index (χ0) is 16.5. The Bertz CT molecular complexity index is 823. The van der Waals surface area contributed by atoms with Gasteiger partial charge in [-0.25, -0.2) is 4.98 Å². The summed E-state index contributed by atoms with van der Waals surface area (Å²) in [4.78, 5) is 17.7. The lowest BCUT2D eigenvalue weighted by Crippen LogP contribution is -2.28. The van der Waals surface area contributed by atoms with Crippen molar-refractivity contribution in [2.75, 3.05) is 5.32 Å². The Morgan fingerprint density at radius 3 is 2.88 bits per heavy atom. The number of rotatable bonds is 4. The first-order valence-corrected chi connectivity index (χ1v) is 9.15. The van der Waals surface area contributed by atoms with Crippen LogP contribution in [0.5, 0.6) is 0 Å². The van der Waals surface area contributed by atoms with Gasteiger partial charge in [0.05, 0.1) is 5.69 Å². The molecule has 0 unspecified atom stereocenters. The van der Waals surface area contributed by atoms with Gasteiger partial charge in [0.2, 0.25) is 5.91 Å². The van der Waals surface area contributed by atoms with Gasteiger partial charge in [0.25, 0.3) is 0 Å². The number of nitrogens with zero attached hydrogens (tertiary/aromatic N) is 2. The molecule has 3 aromatic rings. The number of nitrogens with one attached hydrogen (secondary N) is 1. The number of hydrogen-bond acceptors (Lipinski definition) is 4. The van der Waals surface area contributed by atoms with Crippen molar-refractivity contribution in [3.05, 3.63) is 42.0 Å². The van der Waals surface area contributed by atoms with E-state index in [-0.39, 0.29) is 11.9 Å². The molecule has 1 aliphatic rings. The molecule has 1 amide bonds. The number of aromatic nitrogens is 2. The summed E-state index contributed by atoms with van der Waals surface area (Å²) in [5.41, 5.74) is 8.84. The molecule has 124 valence electrons. The van der Waals surface area contributed by atoms with Gasteiger partial charge in [-0.15, -0.1) is 11.3 Å². The van der Waals surface area contributed by atoms with Gasteiger partial charge in [-0.2, -0.15) is 0 Å². The van der Waals surface area contributed by atoms with Crippen LogP contribution in [0.25, 0.3) is 16.2 Å². The first-order chi connectivity index (χ1) is 11.7. The summed E-state index contributed by atoms with van der Waals surface area (Å²) in [7, 11) is 0. The summed E-state index contributed by atoms with van der Waals surface area (Å²) < 4.78 is 2.01. The number of carbonyl (C=O) groups excluding carboxylic acids is 1. The second-order valence-electron chi connectivity index (χ2n) is 6.40. The average molecular weight is 340 g/mol. The molecular formula is C18H20N4OS. The van der Waals surface area contributed by atoms with E-state index in [2.05, 4.69) is 10.3 Å². The summed E-state index contributed by atoms with van der Waals surface area (Å²) in [6, 6.07) is 8.00. The van der Waals surface area contributed by atoms with Crippen LogP contribution in [0.15, 0.2) is 42.0 Å². The fourth-order valence-electron chi connectivity index (χ4n) is 3.36. The van der Waals surface area contributed by atoms with Crippen LogP contribution in [0.3, 0.4) is 0 Å². The van der Waals surface area contributed by atoms with Gasteiger partial charge in [-0.3, -0.25) is 9.20 Å². The van der Waals surface area contributed by atoms with Crippen molar-refractivity contribution in [1.82, 2.24) is 9.38 Å². The van der Waals surface area contributed by atoms with Crippen molar-refractivity contribution >= 4 is 27.9 Å². The summed E-state index contributed by atoms with van der Waals surface area (Å²) in [5, 5.41) is 4.99. The van der Waals surface area contributed by atoms with Gasteiger partial charge in [-0.05, 0) is 30.9 Å². The number of amides is 1. The van der Waals surface area contributed by atoms with Crippen molar-refractivity contribution in [2.45, 2.75) is 31.7 Å². The van der Waals surface area contributed by atoms with Crippen molar-refractivity contribution in [2.24, 2.45) is 11.7 Å². The molecule has 0 saturated heterocycles. The molecule has 1 aliphatic carbocycles. The number of imidazole rings is 1. The maximum atomic E-state index is 12.2. The predicted octanol–water partition coefficient (Wildman–Crippen LogP) is 3.52. The van der Waals surface area contributed by atoms with Gasteiger partial charge < -0.3 is 11.1 Å². The molecule has 4 rings (SSSR count). The van der Waals surface area contributed by atoms with Gasteiger partial charge in [0, 0.05) is 41.5 Å². The molecule has 2 heterocycles. The highest BCUT2D eigenvalue weighted by Crippen LogP contribution is 2.27. The maximum Gasteiger partial charge on any atom is 0.224 e. The summed E-state index contributed by atoms with van der Waals surface area (Å²) >= 11 is 1.61. The number of carbonyl (C=O) groups is 1. The highest BCUT2D eigenvalue weighted by molar-refractivity contribution is 7.15. The van der Waals surface area contributed by atoms with Gasteiger partial charge in [-0.1, -0.05) is 18.6 Å². The lowest BCUT2D eigenvalue weighted by atomic mass is 10.00. The highest BCUT2D eigenvalue weighted by atomic mass is 32.1. The minimum Gasteiger partial charge on any atom is -0.327 e. The number of nitrogens with two attached hydrogens (primary N) is 1. The highest BCUT2D eigenvalue weighted by Gasteiger charge is 2.25. The molecule has 2 atom stereocenters.